The number of methoxy groups -OCH3 is 1. The number of hydrogen-bond donors (Lipinski definition) is 2. The number of carbonyl (C=O) groups is 1. The molecule has 0 aliphatic rings. The number of hydrogen-bond acceptors (Lipinski definition) is 8. The molecule has 0 unspecified atom stereocenters. The van der Waals surface area contributed by atoms with Gasteiger partial charge < -0.3 is 14.8 Å². The van der Waals surface area contributed by atoms with Gasteiger partial charge in [0.2, 0.25) is 15.9 Å². The van der Waals surface area contributed by atoms with Crippen molar-refractivity contribution in [2.45, 2.75) is 25.7 Å². The highest BCUT2D eigenvalue weighted by Gasteiger charge is 2.28. The van der Waals surface area contributed by atoms with Crippen molar-refractivity contribution in [3.8, 4) is 17.3 Å². The first-order valence-corrected chi connectivity index (χ1v) is 12.9. The Balaban J connectivity index is 2.13. The summed E-state index contributed by atoms with van der Waals surface area (Å²) in [7, 11) is -2.67. The van der Waals surface area contributed by atoms with Crippen LogP contribution in [-0.2, 0) is 14.8 Å². The molecule has 3 aromatic rings. The highest BCUT2D eigenvalue weighted by Crippen LogP contribution is 2.35. The quantitative estimate of drug-likeness (QED) is 0.205. The number of nitro groups is 1. The van der Waals surface area contributed by atoms with Crippen molar-refractivity contribution in [3.63, 3.8) is 0 Å². The molecule has 0 spiro atoms. The summed E-state index contributed by atoms with van der Waals surface area (Å²) in [5.41, 5.74) is 0.555. The lowest BCUT2D eigenvalue weighted by Gasteiger charge is -2.15. The molecule has 0 radical (unpaired) electrons. The molecule has 2 aromatic carbocycles. The van der Waals surface area contributed by atoms with Crippen LogP contribution in [0.4, 0.5) is 5.69 Å². The van der Waals surface area contributed by atoms with Crippen molar-refractivity contribution in [1.29, 1.82) is 0 Å². The third-order valence-electron chi connectivity index (χ3n) is 5.19. The number of amides is 1. The largest absolute Gasteiger partial charge is 0.437 e. The molecule has 13 heteroatoms. The van der Waals surface area contributed by atoms with Crippen LogP contribution in [0.1, 0.15) is 29.9 Å². The molecule has 0 aliphatic carbocycles. The smallest absolute Gasteiger partial charge is 0.272 e. The van der Waals surface area contributed by atoms with Crippen molar-refractivity contribution < 1.29 is 27.6 Å². The molecule has 12 nitrogen and oxygen atoms in total. The van der Waals surface area contributed by atoms with E-state index in [0.717, 1.165) is 12.1 Å². The summed E-state index contributed by atoms with van der Waals surface area (Å²) in [6.45, 7) is 5.96. The van der Waals surface area contributed by atoms with E-state index in [9.17, 15) is 23.3 Å². The standard InChI is InChI=1S/C24H29N5O7S/c1-16(2)15-26-37(33,34)21-14-19(29(31)32)10-11-20(21)36-24-17(3)22(23(30)25-12-13-35-4)27-28(24)18-8-6-5-7-9-18/h5-11,14,16,26H,12-13,15H2,1-4H3,(H,25,30). The summed E-state index contributed by atoms with van der Waals surface area (Å²) in [6, 6.07) is 12.1. The van der Waals surface area contributed by atoms with Gasteiger partial charge in [0.15, 0.2) is 5.69 Å². The maximum Gasteiger partial charge on any atom is 0.272 e. The number of aromatic nitrogens is 2. The van der Waals surface area contributed by atoms with Crippen LogP contribution in [0, 0.1) is 23.0 Å². The van der Waals surface area contributed by atoms with Gasteiger partial charge in [-0.2, -0.15) is 9.78 Å². The third kappa shape index (κ3) is 6.70. The number of non-ortho nitro benzene ring substituents is 1. The number of nitro benzene ring substituents is 1. The Morgan fingerprint density at radius 3 is 2.51 bits per heavy atom. The maximum atomic E-state index is 13.1. The Hall–Kier alpha value is -3.81. The van der Waals surface area contributed by atoms with Crippen LogP contribution >= 0.6 is 0 Å². The molecule has 3 rings (SSSR count). The van der Waals surface area contributed by atoms with Crippen LogP contribution < -0.4 is 14.8 Å². The molecule has 0 atom stereocenters. The van der Waals surface area contributed by atoms with E-state index < -0.39 is 31.4 Å². The van der Waals surface area contributed by atoms with E-state index in [4.69, 9.17) is 9.47 Å². The Kier molecular flexibility index (Phi) is 8.97. The number of nitrogens with zero attached hydrogens (tertiary/aromatic N) is 3. The summed E-state index contributed by atoms with van der Waals surface area (Å²) in [5, 5.41) is 18.5. The summed E-state index contributed by atoms with van der Waals surface area (Å²) >= 11 is 0. The summed E-state index contributed by atoms with van der Waals surface area (Å²) in [4.78, 5) is 23.1. The second kappa shape index (κ2) is 12.0. The zero-order valence-corrected chi connectivity index (χ0v) is 21.7. The highest BCUT2D eigenvalue weighted by atomic mass is 32.2. The van der Waals surface area contributed by atoms with Crippen molar-refractivity contribution in [2.24, 2.45) is 5.92 Å². The van der Waals surface area contributed by atoms with Crippen molar-refractivity contribution >= 4 is 21.6 Å². The predicted molar refractivity (Wildman–Crippen MR) is 136 cm³/mol. The van der Waals surface area contributed by atoms with Gasteiger partial charge in [-0.25, -0.2) is 13.1 Å². The summed E-state index contributed by atoms with van der Waals surface area (Å²) in [5.74, 6) is -0.548. The number of sulfonamides is 1. The zero-order valence-electron chi connectivity index (χ0n) is 20.9. The van der Waals surface area contributed by atoms with Gasteiger partial charge in [0.25, 0.3) is 11.6 Å². The lowest BCUT2D eigenvalue weighted by atomic mass is 10.2. The first-order valence-electron chi connectivity index (χ1n) is 11.4. The zero-order chi connectivity index (χ0) is 27.2. The molecule has 0 aliphatic heterocycles. The number of nitrogens with one attached hydrogen (secondary N) is 2. The number of rotatable bonds is 12. The van der Waals surface area contributed by atoms with E-state index in [1.54, 1.807) is 37.3 Å². The van der Waals surface area contributed by atoms with Crippen molar-refractivity contribution in [3.05, 3.63) is 69.9 Å². The fourth-order valence-electron chi connectivity index (χ4n) is 3.27. The van der Waals surface area contributed by atoms with Gasteiger partial charge in [0.1, 0.15) is 10.6 Å². The molecule has 1 aromatic heterocycles. The lowest BCUT2D eigenvalue weighted by molar-refractivity contribution is -0.385. The van der Waals surface area contributed by atoms with E-state index in [1.807, 2.05) is 13.8 Å². The van der Waals surface area contributed by atoms with Crippen LogP contribution in [-0.4, -0.2) is 55.8 Å². The molecule has 0 saturated carbocycles. The predicted octanol–water partition coefficient (Wildman–Crippen LogP) is 3.19. The molecule has 0 bridgehead atoms. The van der Waals surface area contributed by atoms with Gasteiger partial charge >= 0.3 is 0 Å². The molecule has 37 heavy (non-hydrogen) atoms. The van der Waals surface area contributed by atoms with Crippen molar-refractivity contribution in [2.75, 3.05) is 26.8 Å². The number of benzene rings is 2. The van der Waals surface area contributed by atoms with Gasteiger partial charge in [-0.3, -0.25) is 14.9 Å². The Morgan fingerprint density at radius 1 is 1.19 bits per heavy atom. The van der Waals surface area contributed by atoms with E-state index in [-0.39, 0.29) is 36.3 Å². The fourth-order valence-corrected chi connectivity index (χ4v) is 4.63. The van der Waals surface area contributed by atoms with Gasteiger partial charge in [-0.15, -0.1) is 0 Å². The molecule has 2 N–H and O–H groups in total. The van der Waals surface area contributed by atoms with E-state index >= 15 is 0 Å². The first kappa shape index (κ1) is 27.8. The van der Waals surface area contributed by atoms with Gasteiger partial charge in [-0.1, -0.05) is 32.0 Å². The Morgan fingerprint density at radius 2 is 1.89 bits per heavy atom. The lowest BCUT2D eigenvalue weighted by Crippen LogP contribution is -2.28. The van der Waals surface area contributed by atoms with Crippen LogP contribution in [0.3, 0.4) is 0 Å². The maximum absolute atomic E-state index is 13.1. The molecule has 0 saturated heterocycles. The SMILES string of the molecule is COCCNC(=O)c1nn(-c2ccccc2)c(Oc2ccc([N+](=O)[O-])cc2S(=O)(=O)NCC(C)C)c1C. The van der Waals surface area contributed by atoms with Crippen LogP contribution in [0.5, 0.6) is 11.6 Å². The third-order valence-corrected chi connectivity index (χ3v) is 6.64. The first-order chi connectivity index (χ1) is 17.5. The molecular formula is C24H29N5O7S. The average molecular weight is 532 g/mol. The van der Waals surface area contributed by atoms with Crippen LogP contribution in [0.25, 0.3) is 5.69 Å². The minimum Gasteiger partial charge on any atom is -0.437 e. The van der Waals surface area contributed by atoms with E-state index in [0.29, 0.717) is 17.9 Å². The topological polar surface area (TPSA) is 155 Å². The number of ether oxygens (including phenoxy) is 2. The van der Waals surface area contributed by atoms with Crippen molar-refractivity contribution in [1.82, 2.24) is 19.8 Å². The van der Waals surface area contributed by atoms with Crippen LogP contribution in [0.2, 0.25) is 0 Å². The normalized spacial score (nSPS) is 11.5. The monoisotopic (exact) mass is 531 g/mol. The number of para-hydroxylation sites is 1. The summed E-state index contributed by atoms with van der Waals surface area (Å²) < 4.78 is 41.1. The molecule has 1 heterocycles. The van der Waals surface area contributed by atoms with Crippen LogP contribution in [0.15, 0.2) is 53.4 Å². The van der Waals surface area contributed by atoms with Gasteiger partial charge in [-0.05, 0) is 31.0 Å². The van der Waals surface area contributed by atoms with E-state index in [2.05, 4.69) is 15.1 Å². The minimum atomic E-state index is -4.18. The Bertz CT molecular complexity index is 1370. The van der Waals surface area contributed by atoms with Gasteiger partial charge in [0, 0.05) is 37.9 Å². The Labute approximate surface area is 214 Å². The minimum absolute atomic E-state index is 0.00113. The van der Waals surface area contributed by atoms with Gasteiger partial charge in [0.05, 0.1) is 17.2 Å². The molecule has 0 fully saturated rings. The average Bonchev–Trinajstić information content (AvgIpc) is 3.19. The second-order valence-electron chi connectivity index (χ2n) is 8.51. The van der Waals surface area contributed by atoms with E-state index in [1.165, 1.54) is 17.9 Å². The number of carbonyl (C=O) groups excluding carboxylic acids is 1. The molecular weight excluding hydrogens is 502 g/mol. The molecule has 1 amide bonds. The molecule has 198 valence electrons. The second-order valence-corrected chi connectivity index (χ2v) is 10.2. The fraction of sp³-hybridized carbons (Fsp3) is 0.333. The highest BCUT2D eigenvalue weighted by molar-refractivity contribution is 7.89. The summed E-state index contributed by atoms with van der Waals surface area (Å²) in [6.07, 6.45) is 0.